The van der Waals surface area contributed by atoms with Crippen LogP contribution in [0.5, 0.6) is 5.75 Å². The predicted molar refractivity (Wildman–Crippen MR) is 111 cm³/mol. The van der Waals surface area contributed by atoms with E-state index in [0.717, 1.165) is 11.1 Å². The van der Waals surface area contributed by atoms with Crippen LogP contribution in [0.3, 0.4) is 0 Å². The van der Waals surface area contributed by atoms with E-state index in [1.54, 1.807) is 42.5 Å². The molecule has 0 aliphatic rings. The van der Waals surface area contributed by atoms with E-state index in [-0.39, 0.29) is 18.4 Å². The van der Waals surface area contributed by atoms with Gasteiger partial charge >= 0.3 is 0 Å². The first kappa shape index (κ1) is 19.2. The summed E-state index contributed by atoms with van der Waals surface area (Å²) >= 11 is 0. The standard InChI is InChI=1S/C23H22N2O3/c1-16-11-12-18(13-17(16)2)23(27)25-20-9-6-10-21(14-20)28-15-22(26)24-19-7-4-3-5-8-19/h3-14H,15H2,1-2H3,(H,24,26)(H,25,27). The number of aryl methyl sites for hydroxylation is 2. The SMILES string of the molecule is Cc1ccc(C(=O)Nc2cccc(OCC(=O)Nc3ccccc3)c2)cc1C. The third-order valence-corrected chi connectivity index (χ3v) is 4.29. The summed E-state index contributed by atoms with van der Waals surface area (Å²) in [5.74, 6) is 0.0546. The summed E-state index contributed by atoms with van der Waals surface area (Å²) in [7, 11) is 0. The number of carbonyl (C=O) groups is 2. The van der Waals surface area contributed by atoms with Gasteiger partial charge in [-0.1, -0.05) is 30.3 Å². The highest BCUT2D eigenvalue weighted by atomic mass is 16.5. The van der Waals surface area contributed by atoms with Crippen LogP contribution in [0.4, 0.5) is 11.4 Å². The van der Waals surface area contributed by atoms with Crippen molar-refractivity contribution in [2.75, 3.05) is 17.2 Å². The van der Waals surface area contributed by atoms with Gasteiger partial charge in [0.25, 0.3) is 11.8 Å². The summed E-state index contributed by atoms with van der Waals surface area (Å²) in [5, 5.41) is 5.61. The Labute approximate surface area is 164 Å². The van der Waals surface area contributed by atoms with Gasteiger partial charge in [0.15, 0.2) is 6.61 Å². The lowest BCUT2D eigenvalue weighted by molar-refractivity contribution is -0.118. The third-order valence-electron chi connectivity index (χ3n) is 4.29. The number of rotatable bonds is 6. The van der Waals surface area contributed by atoms with Crippen molar-refractivity contribution in [3.8, 4) is 5.75 Å². The van der Waals surface area contributed by atoms with E-state index in [9.17, 15) is 9.59 Å². The number of para-hydroxylation sites is 1. The second-order valence-corrected chi connectivity index (χ2v) is 6.48. The molecule has 3 rings (SSSR count). The molecule has 5 heteroatoms. The maximum atomic E-state index is 12.4. The molecule has 0 saturated carbocycles. The van der Waals surface area contributed by atoms with Gasteiger partial charge in [-0.15, -0.1) is 0 Å². The zero-order valence-electron chi connectivity index (χ0n) is 15.9. The molecule has 0 aromatic heterocycles. The second kappa shape index (κ2) is 8.86. The van der Waals surface area contributed by atoms with Crippen molar-refractivity contribution < 1.29 is 14.3 Å². The Morgan fingerprint density at radius 1 is 0.786 bits per heavy atom. The minimum Gasteiger partial charge on any atom is -0.484 e. The largest absolute Gasteiger partial charge is 0.484 e. The Morgan fingerprint density at radius 2 is 1.54 bits per heavy atom. The molecule has 0 radical (unpaired) electrons. The molecule has 3 aromatic rings. The van der Waals surface area contributed by atoms with Gasteiger partial charge in [-0.2, -0.15) is 0 Å². The van der Waals surface area contributed by atoms with Crippen LogP contribution < -0.4 is 15.4 Å². The maximum Gasteiger partial charge on any atom is 0.262 e. The fourth-order valence-electron chi connectivity index (χ4n) is 2.62. The zero-order chi connectivity index (χ0) is 19.9. The number of hydrogen-bond donors (Lipinski definition) is 2. The van der Waals surface area contributed by atoms with E-state index in [2.05, 4.69) is 10.6 Å². The molecule has 0 unspecified atom stereocenters. The molecular formula is C23H22N2O3. The summed E-state index contributed by atoms with van der Waals surface area (Å²) in [6, 6.07) is 21.7. The molecule has 142 valence electrons. The van der Waals surface area contributed by atoms with E-state index in [1.165, 1.54) is 0 Å². The van der Waals surface area contributed by atoms with E-state index in [1.807, 2.05) is 44.2 Å². The second-order valence-electron chi connectivity index (χ2n) is 6.48. The summed E-state index contributed by atoms with van der Waals surface area (Å²) < 4.78 is 5.54. The monoisotopic (exact) mass is 374 g/mol. The van der Waals surface area contributed by atoms with Crippen molar-refractivity contribution in [1.29, 1.82) is 0 Å². The van der Waals surface area contributed by atoms with Gasteiger partial charge in [-0.25, -0.2) is 0 Å². The van der Waals surface area contributed by atoms with Crippen molar-refractivity contribution in [3.63, 3.8) is 0 Å². The summed E-state index contributed by atoms with van der Waals surface area (Å²) in [5.41, 5.74) is 4.11. The number of anilines is 2. The molecule has 28 heavy (non-hydrogen) atoms. The van der Waals surface area contributed by atoms with Crippen LogP contribution in [-0.4, -0.2) is 18.4 Å². The van der Waals surface area contributed by atoms with Gasteiger partial charge in [-0.3, -0.25) is 9.59 Å². The third kappa shape index (κ3) is 5.20. The van der Waals surface area contributed by atoms with Crippen molar-refractivity contribution >= 4 is 23.2 Å². The molecule has 0 atom stereocenters. The maximum absolute atomic E-state index is 12.4. The fourth-order valence-corrected chi connectivity index (χ4v) is 2.62. The lowest BCUT2D eigenvalue weighted by Crippen LogP contribution is -2.20. The Hall–Kier alpha value is -3.60. The predicted octanol–water partition coefficient (Wildman–Crippen LogP) is 4.57. The summed E-state index contributed by atoms with van der Waals surface area (Å²) in [4.78, 5) is 24.4. The van der Waals surface area contributed by atoms with Gasteiger partial charge in [0.1, 0.15) is 5.75 Å². The average Bonchev–Trinajstić information content (AvgIpc) is 2.69. The molecule has 0 aliphatic heterocycles. The van der Waals surface area contributed by atoms with Gasteiger partial charge in [0.05, 0.1) is 0 Å². The summed E-state index contributed by atoms with van der Waals surface area (Å²) in [6.07, 6.45) is 0. The minimum absolute atomic E-state index is 0.122. The van der Waals surface area contributed by atoms with Crippen LogP contribution in [-0.2, 0) is 4.79 Å². The number of ether oxygens (including phenoxy) is 1. The Kier molecular flexibility index (Phi) is 6.07. The van der Waals surface area contributed by atoms with Crippen molar-refractivity contribution in [3.05, 3.63) is 89.5 Å². The van der Waals surface area contributed by atoms with Crippen LogP contribution in [0.2, 0.25) is 0 Å². The minimum atomic E-state index is -0.254. The van der Waals surface area contributed by atoms with E-state index in [0.29, 0.717) is 22.7 Å². The molecule has 2 N–H and O–H groups in total. The first-order chi connectivity index (χ1) is 13.5. The summed E-state index contributed by atoms with van der Waals surface area (Å²) in [6.45, 7) is 3.86. The lowest BCUT2D eigenvalue weighted by atomic mass is 10.1. The van der Waals surface area contributed by atoms with Crippen molar-refractivity contribution in [1.82, 2.24) is 0 Å². The molecule has 5 nitrogen and oxygen atoms in total. The Balaban J connectivity index is 1.58. The van der Waals surface area contributed by atoms with Gasteiger partial charge in [0, 0.05) is 23.0 Å². The topological polar surface area (TPSA) is 67.4 Å². The lowest BCUT2D eigenvalue weighted by Gasteiger charge is -2.10. The smallest absolute Gasteiger partial charge is 0.262 e. The molecule has 0 saturated heterocycles. The van der Waals surface area contributed by atoms with Gasteiger partial charge in [-0.05, 0) is 61.4 Å². The quantitative estimate of drug-likeness (QED) is 0.664. The number of hydrogen-bond acceptors (Lipinski definition) is 3. The molecular weight excluding hydrogens is 352 g/mol. The average molecular weight is 374 g/mol. The Bertz CT molecular complexity index is 984. The fraction of sp³-hybridized carbons (Fsp3) is 0.130. The number of amides is 2. The van der Waals surface area contributed by atoms with E-state index >= 15 is 0 Å². The first-order valence-corrected chi connectivity index (χ1v) is 8.97. The molecule has 0 heterocycles. The molecule has 0 fully saturated rings. The number of carbonyl (C=O) groups excluding carboxylic acids is 2. The molecule has 0 bridgehead atoms. The molecule has 3 aromatic carbocycles. The molecule has 0 spiro atoms. The highest BCUT2D eigenvalue weighted by molar-refractivity contribution is 6.04. The molecule has 0 aliphatic carbocycles. The van der Waals surface area contributed by atoms with Crippen molar-refractivity contribution in [2.24, 2.45) is 0 Å². The van der Waals surface area contributed by atoms with Crippen LogP contribution >= 0.6 is 0 Å². The first-order valence-electron chi connectivity index (χ1n) is 8.97. The van der Waals surface area contributed by atoms with Crippen LogP contribution in [0.1, 0.15) is 21.5 Å². The zero-order valence-corrected chi connectivity index (χ0v) is 15.9. The van der Waals surface area contributed by atoms with Gasteiger partial charge < -0.3 is 15.4 Å². The number of benzene rings is 3. The van der Waals surface area contributed by atoms with Crippen LogP contribution in [0, 0.1) is 13.8 Å². The van der Waals surface area contributed by atoms with Crippen LogP contribution in [0.15, 0.2) is 72.8 Å². The van der Waals surface area contributed by atoms with Crippen LogP contribution in [0.25, 0.3) is 0 Å². The Morgan fingerprint density at radius 3 is 2.29 bits per heavy atom. The van der Waals surface area contributed by atoms with E-state index in [4.69, 9.17) is 4.74 Å². The van der Waals surface area contributed by atoms with Gasteiger partial charge in [0.2, 0.25) is 0 Å². The number of nitrogens with one attached hydrogen (secondary N) is 2. The normalized spacial score (nSPS) is 10.2. The molecule has 2 amide bonds. The highest BCUT2D eigenvalue weighted by Gasteiger charge is 2.09. The highest BCUT2D eigenvalue weighted by Crippen LogP contribution is 2.19. The van der Waals surface area contributed by atoms with E-state index < -0.39 is 0 Å². The van der Waals surface area contributed by atoms with Crippen molar-refractivity contribution in [2.45, 2.75) is 13.8 Å².